The van der Waals surface area contributed by atoms with Gasteiger partial charge in [-0.3, -0.25) is 4.79 Å². The summed E-state index contributed by atoms with van der Waals surface area (Å²) in [6, 6.07) is 12.7. The number of carbonyl (C=O) groups is 1. The highest BCUT2D eigenvalue weighted by Gasteiger charge is 2.34. The lowest BCUT2D eigenvalue weighted by Crippen LogP contribution is -2.43. The first-order valence-corrected chi connectivity index (χ1v) is 10.2. The van der Waals surface area contributed by atoms with Crippen LogP contribution < -0.4 is 0 Å². The average molecular weight is 361 g/mol. The number of rotatable bonds is 6. The number of carboxylic acids is 1. The third-order valence-corrected chi connectivity index (χ3v) is 6.85. The van der Waals surface area contributed by atoms with Crippen LogP contribution in [0.4, 0.5) is 0 Å². The molecule has 2 aromatic carbocycles. The second-order valence-corrected chi connectivity index (χ2v) is 8.39. The van der Waals surface area contributed by atoms with Gasteiger partial charge in [0.1, 0.15) is 0 Å². The smallest absolute Gasteiger partial charge is 0.303 e. The van der Waals surface area contributed by atoms with Crippen LogP contribution in [0.1, 0.15) is 38.5 Å². The number of aliphatic carboxylic acids is 1. The number of hydrogen-bond acceptors (Lipinski definition) is 3. The topological polar surface area (TPSA) is 74.7 Å². The molecular formula is C19H23NO4S. The van der Waals surface area contributed by atoms with Crippen molar-refractivity contribution in [2.45, 2.75) is 49.5 Å². The van der Waals surface area contributed by atoms with E-state index in [1.54, 1.807) is 16.4 Å². The molecule has 6 heteroatoms. The summed E-state index contributed by atoms with van der Waals surface area (Å²) >= 11 is 0. The number of sulfonamides is 1. The summed E-state index contributed by atoms with van der Waals surface area (Å²) in [5, 5.41) is 10.5. The van der Waals surface area contributed by atoms with E-state index in [9.17, 15) is 13.2 Å². The van der Waals surface area contributed by atoms with Crippen LogP contribution in [-0.4, -0.2) is 36.4 Å². The molecule has 0 saturated carbocycles. The first-order valence-electron chi connectivity index (χ1n) is 8.71. The minimum atomic E-state index is -3.60. The molecule has 1 aliphatic rings. The molecule has 5 nitrogen and oxygen atoms in total. The predicted molar refractivity (Wildman–Crippen MR) is 97.0 cm³/mol. The average Bonchev–Trinajstić information content (AvgIpc) is 2.61. The summed E-state index contributed by atoms with van der Waals surface area (Å²) in [5.41, 5.74) is 0. The maximum Gasteiger partial charge on any atom is 0.303 e. The fraction of sp³-hybridized carbons (Fsp3) is 0.421. The van der Waals surface area contributed by atoms with E-state index in [1.165, 1.54) is 0 Å². The van der Waals surface area contributed by atoms with Crippen LogP contribution in [0.15, 0.2) is 47.4 Å². The summed E-state index contributed by atoms with van der Waals surface area (Å²) in [7, 11) is -3.60. The highest BCUT2D eigenvalue weighted by molar-refractivity contribution is 7.89. The predicted octanol–water partition coefficient (Wildman–Crippen LogP) is 3.64. The summed E-state index contributed by atoms with van der Waals surface area (Å²) in [6.07, 6.45) is 3.80. The van der Waals surface area contributed by atoms with Crippen molar-refractivity contribution < 1.29 is 18.3 Å². The lowest BCUT2D eigenvalue weighted by molar-refractivity contribution is -0.137. The summed E-state index contributed by atoms with van der Waals surface area (Å²) in [6.45, 7) is 0.503. The molecule has 1 aliphatic heterocycles. The number of nitrogens with zero attached hydrogens (tertiary/aromatic N) is 1. The van der Waals surface area contributed by atoms with Crippen molar-refractivity contribution >= 4 is 26.8 Å². The van der Waals surface area contributed by atoms with Gasteiger partial charge in [-0.05, 0) is 37.1 Å². The molecule has 0 aromatic heterocycles. The maximum atomic E-state index is 13.3. The van der Waals surface area contributed by atoms with Gasteiger partial charge in [0.25, 0.3) is 0 Å². The molecule has 25 heavy (non-hydrogen) atoms. The van der Waals surface area contributed by atoms with Gasteiger partial charge >= 0.3 is 5.97 Å². The number of hydrogen-bond donors (Lipinski definition) is 1. The van der Waals surface area contributed by atoms with Crippen molar-refractivity contribution in [2.75, 3.05) is 6.54 Å². The van der Waals surface area contributed by atoms with Crippen LogP contribution in [0.2, 0.25) is 0 Å². The van der Waals surface area contributed by atoms with Gasteiger partial charge in [0.15, 0.2) is 0 Å². The van der Waals surface area contributed by atoms with E-state index in [-0.39, 0.29) is 12.5 Å². The SMILES string of the molecule is O=C(O)CCCC1CCCCN1S(=O)(=O)c1cccc2ccccc12. The zero-order valence-electron chi connectivity index (χ0n) is 14.1. The Morgan fingerprint density at radius 2 is 1.88 bits per heavy atom. The number of carboxylic acid groups (broad SMARTS) is 1. The van der Waals surface area contributed by atoms with Gasteiger partial charge in [-0.1, -0.05) is 42.8 Å². The van der Waals surface area contributed by atoms with Crippen LogP contribution in [0.3, 0.4) is 0 Å². The minimum absolute atomic E-state index is 0.0820. The molecule has 0 radical (unpaired) electrons. The second-order valence-electron chi connectivity index (χ2n) is 6.53. The number of benzene rings is 2. The molecular weight excluding hydrogens is 338 g/mol. The Labute approximate surface area is 148 Å². The normalized spacial score (nSPS) is 19.1. The van der Waals surface area contributed by atoms with Gasteiger partial charge in [0.2, 0.25) is 10.0 Å². The van der Waals surface area contributed by atoms with E-state index in [2.05, 4.69) is 0 Å². The molecule has 0 aliphatic carbocycles. The van der Waals surface area contributed by atoms with Gasteiger partial charge in [0, 0.05) is 24.4 Å². The van der Waals surface area contributed by atoms with Gasteiger partial charge in [0.05, 0.1) is 4.90 Å². The lowest BCUT2D eigenvalue weighted by Gasteiger charge is -2.35. The fourth-order valence-electron chi connectivity index (χ4n) is 3.61. The molecule has 0 spiro atoms. The molecule has 1 N–H and O–H groups in total. The van der Waals surface area contributed by atoms with Crippen LogP contribution in [0.25, 0.3) is 10.8 Å². The van der Waals surface area contributed by atoms with E-state index in [0.717, 1.165) is 30.0 Å². The van der Waals surface area contributed by atoms with E-state index < -0.39 is 16.0 Å². The Kier molecular flexibility index (Phi) is 5.39. The van der Waals surface area contributed by atoms with Gasteiger partial charge in [-0.2, -0.15) is 4.31 Å². The Hall–Kier alpha value is -1.92. The Morgan fingerprint density at radius 3 is 2.68 bits per heavy atom. The monoisotopic (exact) mass is 361 g/mol. The first-order chi connectivity index (χ1) is 12.0. The van der Waals surface area contributed by atoms with Crippen LogP contribution in [-0.2, 0) is 14.8 Å². The van der Waals surface area contributed by atoms with Crippen molar-refractivity contribution in [2.24, 2.45) is 0 Å². The third kappa shape index (κ3) is 3.85. The van der Waals surface area contributed by atoms with E-state index >= 15 is 0 Å². The van der Waals surface area contributed by atoms with Gasteiger partial charge in [-0.15, -0.1) is 0 Å². The quantitative estimate of drug-likeness (QED) is 0.852. The molecule has 1 unspecified atom stereocenters. The Balaban J connectivity index is 1.92. The molecule has 1 heterocycles. The number of fused-ring (bicyclic) bond motifs is 1. The molecule has 1 saturated heterocycles. The van der Waals surface area contributed by atoms with Crippen LogP contribution in [0.5, 0.6) is 0 Å². The van der Waals surface area contributed by atoms with Gasteiger partial charge in [-0.25, -0.2) is 8.42 Å². The molecule has 0 bridgehead atoms. The molecule has 0 amide bonds. The maximum absolute atomic E-state index is 13.3. The van der Waals surface area contributed by atoms with Crippen molar-refractivity contribution in [3.05, 3.63) is 42.5 Å². The van der Waals surface area contributed by atoms with Crippen molar-refractivity contribution in [1.29, 1.82) is 0 Å². The highest BCUT2D eigenvalue weighted by atomic mass is 32.2. The summed E-state index contributed by atoms with van der Waals surface area (Å²) in [4.78, 5) is 11.1. The molecule has 2 aromatic rings. The van der Waals surface area contributed by atoms with Crippen LogP contribution >= 0.6 is 0 Å². The van der Waals surface area contributed by atoms with Crippen LogP contribution in [0, 0.1) is 0 Å². The van der Waals surface area contributed by atoms with E-state index in [0.29, 0.717) is 24.3 Å². The zero-order valence-corrected chi connectivity index (χ0v) is 14.9. The first kappa shape index (κ1) is 17.9. The van der Waals surface area contributed by atoms with Gasteiger partial charge < -0.3 is 5.11 Å². The Bertz CT molecular complexity index is 857. The second kappa shape index (κ2) is 7.54. The molecule has 1 atom stereocenters. The summed E-state index contributed by atoms with van der Waals surface area (Å²) in [5.74, 6) is -0.834. The number of piperidine rings is 1. The summed E-state index contributed by atoms with van der Waals surface area (Å²) < 4.78 is 28.2. The zero-order chi connectivity index (χ0) is 17.9. The standard InChI is InChI=1S/C19H23NO4S/c21-19(22)13-6-10-16-9-3-4-14-20(16)25(23,24)18-12-5-8-15-7-1-2-11-17(15)18/h1-2,5,7-8,11-12,16H,3-4,6,9-10,13-14H2,(H,21,22). The highest BCUT2D eigenvalue weighted by Crippen LogP contribution is 2.31. The Morgan fingerprint density at radius 1 is 1.12 bits per heavy atom. The van der Waals surface area contributed by atoms with E-state index in [1.807, 2.05) is 30.3 Å². The molecule has 1 fully saturated rings. The van der Waals surface area contributed by atoms with Crippen molar-refractivity contribution in [3.63, 3.8) is 0 Å². The lowest BCUT2D eigenvalue weighted by atomic mass is 10.00. The molecule has 134 valence electrons. The van der Waals surface area contributed by atoms with Crippen molar-refractivity contribution in [1.82, 2.24) is 4.31 Å². The largest absolute Gasteiger partial charge is 0.481 e. The third-order valence-electron chi connectivity index (χ3n) is 4.84. The fourth-order valence-corrected chi connectivity index (χ4v) is 5.55. The van der Waals surface area contributed by atoms with E-state index in [4.69, 9.17) is 5.11 Å². The minimum Gasteiger partial charge on any atom is -0.481 e. The van der Waals surface area contributed by atoms with Crippen molar-refractivity contribution in [3.8, 4) is 0 Å². The molecule has 3 rings (SSSR count).